The Labute approximate surface area is 137 Å². The average molecular weight is 334 g/mol. The zero-order chi connectivity index (χ0) is 17.3. The quantitative estimate of drug-likeness (QED) is 0.902. The summed E-state index contributed by atoms with van der Waals surface area (Å²) in [6, 6.07) is 8.15. The summed E-state index contributed by atoms with van der Waals surface area (Å²) in [7, 11) is 0. The number of carboxylic acids is 1. The van der Waals surface area contributed by atoms with Crippen LogP contribution in [0.2, 0.25) is 0 Å². The predicted octanol–water partition coefficient (Wildman–Crippen LogP) is 2.55. The maximum absolute atomic E-state index is 14.0. The fraction of sp³-hybridized carbons (Fsp3) is 0.294. The molecule has 24 heavy (non-hydrogen) atoms. The molecule has 1 aliphatic rings. The summed E-state index contributed by atoms with van der Waals surface area (Å²) in [4.78, 5) is 16.8. The largest absolute Gasteiger partial charge is 0.477 e. The van der Waals surface area contributed by atoms with E-state index in [4.69, 9.17) is 5.11 Å². The van der Waals surface area contributed by atoms with E-state index in [2.05, 4.69) is 4.98 Å². The van der Waals surface area contributed by atoms with E-state index < -0.39 is 23.2 Å². The predicted molar refractivity (Wildman–Crippen MR) is 82.9 cm³/mol. The molecule has 0 radical (unpaired) electrons. The topological polar surface area (TPSA) is 73.7 Å². The van der Waals surface area contributed by atoms with Gasteiger partial charge in [-0.15, -0.1) is 0 Å². The Bertz CT molecular complexity index is 754. The molecule has 1 aliphatic heterocycles. The lowest BCUT2D eigenvalue weighted by atomic mass is 9.83. The van der Waals surface area contributed by atoms with Gasteiger partial charge in [0.05, 0.1) is 11.2 Å². The van der Waals surface area contributed by atoms with Crippen LogP contribution in [0.4, 0.5) is 14.6 Å². The number of piperidine rings is 1. The molecule has 0 amide bonds. The van der Waals surface area contributed by atoms with E-state index in [0.29, 0.717) is 18.9 Å². The number of pyridine rings is 1. The van der Waals surface area contributed by atoms with Crippen LogP contribution in [-0.4, -0.2) is 34.3 Å². The third-order valence-corrected chi connectivity index (χ3v) is 4.30. The molecule has 5 nitrogen and oxygen atoms in total. The minimum Gasteiger partial charge on any atom is -0.477 e. The summed E-state index contributed by atoms with van der Waals surface area (Å²) in [5, 5.41) is 19.7. The maximum Gasteiger partial charge on any atom is 0.354 e. The molecular formula is C17H16F2N2O3. The van der Waals surface area contributed by atoms with Crippen LogP contribution in [0.5, 0.6) is 0 Å². The van der Waals surface area contributed by atoms with Gasteiger partial charge in [-0.25, -0.2) is 18.6 Å². The molecule has 1 aromatic heterocycles. The first-order chi connectivity index (χ1) is 11.4. The molecule has 0 unspecified atom stereocenters. The maximum atomic E-state index is 14.0. The van der Waals surface area contributed by atoms with Crippen molar-refractivity contribution in [3.63, 3.8) is 0 Å². The summed E-state index contributed by atoms with van der Waals surface area (Å²) in [6.07, 6.45) is 0.230. The molecule has 0 aliphatic carbocycles. The van der Waals surface area contributed by atoms with Crippen molar-refractivity contribution in [1.29, 1.82) is 0 Å². The Balaban J connectivity index is 1.81. The zero-order valence-electron chi connectivity index (χ0n) is 12.7. The molecule has 0 bridgehead atoms. The lowest BCUT2D eigenvalue weighted by molar-refractivity contribution is 0.00490. The van der Waals surface area contributed by atoms with Crippen molar-refractivity contribution in [2.45, 2.75) is 18.4 Å². The monoisotopic (exact) mass is 334 g/mol. The minimum atomic E-state index is -1.59. The van der Waals surface area contributed by atoms with Gasteiger partial charge in [-0.1, -0.05) is 12.1 Å². The number of halogens is 2. The van der Waals surface area contributed by atoms with Gasteiger partial charge in [0, 0.05) is 13.1 Å². The van der Waals surface area contributed by atoms with Gasteiger partial charge in [0.25, 0.3) is 0 Å². The van der Waals surface area contributed by atoms with Crippen LogP contribution in [0, 0.1) is 11.6 Å². The fourth-order valence-electron chi connectivity index (χ4n) is 3.02. The second-order valence-corrected chi connectivity index (χ2v) is 5.80. The SMILES string of the molecule is O=C(O)c1cccc(N2CCC(O)(c3c(F)cccc3F)CC2)n1. The Morgan fingerprint density at radius 2 is 1.67 bits per heavy atom. The number of carbonyl (C=O) groups is 1. The Morgan fingerprint density at radius 3 is 2.25 bits per heavy atom. The van der Waals surface area contributed by atoms with Crippen molar-refractivity contribution in [3.05, 3.63) is 59.3 Å². The first kappa shape index (κ1) is 16.3. The smallest absolute Gasteiger partial charge is 0.354 e. The van der Waals surface area contributed by atoms with Gasteiger partial charge < -0.3 is 15.1 Å². The highest BCUT2D eigenvalue weighted by Crippen LogP contribution is 2.36. The lowest BCUT2D eigenvalue weighted by Gasteiger charge is -2.39. The van der Waals surface area contributed by atoms with Gasteiger partial charge in [-0.3, -0.25) is 0 Å². The molecule has 2 aromatic rings. The van der Waals surface area contributed by atoms with Crippen molar-refractivity contribution < 1.29 is 23.8 Å². The summed E-state index contributed by atoms with van der Waals surface area (Å²) in [5.74, 6) is -2.20. The molecule has 0 spiro atoms. The van der Waals surface area contributed by atoms with Gasteiger partial charge >= 0.3 is 5.97 Å². The zero-order valence-corrected chi connectivity index (χ0v) is 12.7. The molecule has 3 rings (SSSR count). The Hall–Kier alpha value is -2.54. The van der Waals surface area contributed by atoms with E-state index in [1.165, 1.54) is 12.1 Å². The van der Waals surface area contributed by atoms with E-state index in [1.807, 2.05) is 0 Å². The van der Waals surface area contributed by atoms with Crippen molar-refractivity contribution in [3.8, 4) is 0 Å². The first-order valence-corrected chi connectivity index (χ1v) is 7.53. The van der Waals surface area contributed by atoms with E-state index in [0.717, 1.165) is 12.1 Å². The molecule has 2 N–H and O–H groups in total. The summed E-state index contributed by atoms with van der Waals surface area (Å²) in [6.45, 7) is 0.612. The van der Waals surface area contributed by atoms with E-state index >= 15 is 0 Å². The molecule has 126 valence electrons. The summed E-state index contributed by atoms with van der Waals surface area (Å²) < 4.78 is 27.9. The van der Waals surface area contributed by atoms with E-state index in [9.17, 15) is 18.7 Å². The van der Waals surface area contributed by atoms with Gasteiger partial charge in [0.2, 0.25) is 0 Å². The van der Waals surface area contributed by atoms with Crippen molar-refractivity contribution in [1.82, 2.24) is 4.98 Å². The number of hydrogen-bond acceptors (Lipinski definition) is 4. The van der Waals surface area contributed by atoms with Crippen molar-refractivity contribution in [2.75, 3.05) is 18.0 Å². The molecule has 0 atom stereocenters. The number of carboxylic acid groups (broad SMARTS) is 1. The molecule has 1 saturated heterocycles. The molecule has 0 saturated carbocycles. The van der Waals surface area contributed by atoms with Crippen LogP contribution in [0.25, 0.3) is 0 Å². The lowest BCUT2D eigenvalue weighted by Crippen LogP contribution is -2.44. The number of benzene rings is 1. The molecule has 1 aromatic carbocycles. The fourth-order valence-corrected chi connectivity index (χ4v) is 3.02. The number of aromatic nitrogens is 1. The van der Waals surface area contributed by atoms with Crippen LogP contribution in [0.15, 0.2) is 36.4 Å². The second kappa shape index (κ2) is 6.16. The number of hydrogen-bond donors (Lipinski definition) is 2. The third kappa shape index (κ3) is 2.94. The Kier molecular flexibility index (Phi) is 4.19. The van der Waals surface area contributed by atoms with Crippen LogP contribution >= 0.6 is 0 Å². The van der Waals surface area contributed by atoms with Gasteiger partial charge in [-0.2, -0.15) is 0 Å². The van der Waals surface area contributed by atoms with Gasteiger partial charge in [-0.05, 0) is 37.1 Å². The highest BCUT2D eigenvalue weighted by atomic mass is 19.1. The first-order valence-electron chi connectivity index (χ1n) is 7.53. The highest BCUT2D eigenvalue weighted by Gasteiger charge is 2.38. The average Bonchev–Trinajstić information content (AvgIpc) is 2.55. The van der Waals surface area contributed by atoms with Gasteiger partial charge in [0.15, 0.2) is 5.69 Å². The normalized spacial score (nSPS) is 16.9. The molecule has 7 heteroatoms. The number of anilines is 1. The Morgan fingerprint density at radius 1 is 1.08 bits per heavy atom. The highest BCUT2D eigenvalue weighted by molar-refractivity contribution is 5.85. The summed E-state index contributed by atoms with van der Waals surface area (Å²) in [5.41, 5.74) is -1.97. The number of rotatable bonds is 3. The molecule has 1 fully saturated rings. The van der Waals surface area contributed by atoms with Crippen molar-refractivity contribution in [2.24, 2.45) is 0 Å². The minimum absolute atomic E-state index is 0.0755. The van der Waals surface area contributed by atoms with Crippen LogP contribution in [0.3, 0.4) is 0 Å². The second-order valence-electron chi connectivity index (χ2n) is 5.80. The molecule has 2 heterocycles. The number of aromatic carboxylic acids is 1. The number of nitrogens with zero attached hydrogens (tertiary/aromatic N) is 2. The molecular weight excluding hydrogens is 318 g/mol. The van der Waals surface area contributed by atoms with Crippen LogP contribution in [-0.2, 0) is 5.60 Å². The van der Waals surface area contributed by atoms with E-state index in [1.54, 1.807) is 17.0 Å². The van der Waals surface area contributed by atoms with E-state index in [-0.39, 0.29) is 24.1 Å². The van der Waals surface area contributed by atoms with Crippen LogP contribution < -0.4 is 4.90 Å². The van der Waals surface area contributed by atoms with Crippen LogP contribution in [0.1, 0.15) is 28.9 Å². The van der Waals surface area contributed by atoms with Crippen molar-refractivity contribution >= 4 is 11.8 Å². The third-order valence-electron chi connectivity index (χ3n) is 4.30. The summed E-state index contributed by atoms with van der Waals surface area (Å²) >= 11 is 0. The standard InChI is InChI=1S/C17H16F2N2O3/c18-11-3-1-4-12(19)15(11)17(24)7-9-21(10-8-17)14-6-2-5-13(20-14)16(22)23/h1-6,24H,7-10H2,(H,22,23). The number of aliphatic hydroxyl groups is 1. The van der Waals surface area contributed by atoms with Gasteiger partial charge in [0.1, 0.15) is 17.5 Å².